The number of rotatable bonds is 5. The first-order chi connectivity index (χ1) is 11.5. The number of para-hydroxylation sites is 1. The van der Waals surface area contributed by atoms with Crippen molar-refractivity contribution in [2.24, 2.45) is 0 Å². The Morgan fingerprint density at radius 2 is 1.83 bits per heavy atom. The van der Waals surface area contributed by atoms with E-state index >= 15 is 0 Å². The van der Waals surface area contributed by atoms with E-state index in [9.17, 15) is 9.59 Å². The van der Waals surface area contributed by atoms with E-state index < -0.39 is 5.91 Å². The zero-order valence-electron chi connectivity index (χ0n) is 12.9. The molecule has 0 radical (unpaired) electrons. The maximum absolute atomic E-state index is 12.0. The van der Waals surface area contributed by atoms with Gasteiger partial charge >= 0.3 is 0 Å². The number of nitrogens with one attached hydrogen (secondary N) is 2. The van der Waals surface area contributed by atoms with E-state index in [0.29, 0.717) is 11.4 Å². The lowest BCUT2D eigenvalue weighted by atomic mass is 10.1. The molecule has 7 heteroatoms. The molecule has 0 bridgehead atoms. The van der Waals surface area contributed by atoms with Crippen molar-refractivity contribution >= 4 is 35.0 Å². The van der Waals surface area contributed by atoms with Crippen molar-refractivity contribution in [2.75, 3.05) is 7.11 Å². The molecule has 0 atom stereocenters. The van der Waals surface area contributed by atoms with Gasteiger partial charge in [-0.2, -0.15) is 0 Å². The Kier molecular flexibility index (Phi) is 6.46. The summed E-state index contributed by atoms with van der Waals surface area (Å²) in [7, 11) is 1.58. The van der Waals surface area contributed by atoms with Gasteiger partial charge in [-0.1, -0.05) is 41.4 Å². The minimum Gasteiger partial charge on any atom is -0.496 e. The zero-order valence-corrected chi connectivity index (χ0v) is 14.4. The molecule has 2 N–H and O–H groups in total. The van der Waals surface area contributed by atoms with Crippen molar-refractivity contribution in [3.8, 4) is 5.75 Å². The van der Waals surface area contributed by atoms with Crippen LogP contribution in [0.3, 0.4) is 0 Å². The van der Waals surface area contributed by atoms with Gasteiger partial charge in [-0.15, -0.1) is 0 Å². The Morgan fingerprint density at radius 1 is 1.08 bits per heavy atom. The molecule has 0 aliphatic carbocycles. The topological polar surface area (TPSA) is 67.4 Å². The highest BCUT2D eigenvalue weighted by atomic mass is 35.5. The van der Waals surface area contributed by atoms with Gasteiger partial charge in [-0.25, -0.2) is 0 Å². The fourth-order valence-electron chi connectivity index (χ4n) is 2.09. The van der Waals surface area contributed by atoms with Gasteiger partial charge in [-0.3, -0.25) is 20.4 Å². The summed E-state index contributed by atoms with van der Waals surface area (Å²) in [6, 6.07) is 12.0. The maximum atomic E-state index is 12.0. The third kappa shape index (κ3) is 4.88. The fourth-order valence-corrected chi connectivity index (χ4v) is 2.46. The van der Waals surface area contributed by atoms with E-state index in [2.05, 4.69) is 10.9 Å². The van der Waals surface area contributed by atoms with Crippen LogP contribution in [-0.4, -0.2) is 18.9 Å². The third-order valence-corrected chi connectivity index (χ3v) is 3.87. The van der Waals surface area contributed by atoms with Crippen molar-refractivity contribution in [1.29, 1.82) is 0 Å². The summed E-state index contributed by atoms with van der Waals surface area (Å²) in [5, 5.41) is 0.632. The number of ether oxygens (including phenoxy) is 1. The van der Waals surface area contributed by atoms with Gasteiger partial charge in [0.1, 0.15) is 5.75 Å². The third-order valence-electron chi connectivity index (χ3n) is 3.30. The Balaban J connectivity index is 1.87. The first-order valence-corrected chi connectivity index (χ1v) is 7.93. The summed E-state index contributed by atoms with van der Waals surface area (Å²) < 4.78 is 5.23. The number of aryl methyl sites for hydroxylation is 1. The van der Waals surface area contributed by atoms with Crippen molar-refractivity contribution in [3.05, 3.63) is 63.6 Å². The molecule has 0 heterocycles. The van der Waals surface area contributed by atoms with E-state index in [4.69, 9.17) is 27.9 Å². The van der Waals surface area contributed by atoms with Crippen LogP contribution in [0.15, 0.2) is 42.5 Å². The summed E-state index contributed by atoms with van der Waals surface area (Å²) in [5.41, 5.74) is 5.78. The summed E-state index contributed by atoms with van der Waals surface area (Å²) in [5.74, 6) is -0.138. The predicted octanol–water partition coefficient (Wildman–Crippen LogP) is 3.40. The van der Waals surface area contributed by atoms with Gasteiger partial charge in [0.05, 0.1) is 17.7 Å². The summed E-state index contributed by atoms with van der Waals surface area (Å²) in [6.45, 7) is 0. The van der Waals surface area contributed by atoms with E-state index in [1.165, 1.54) is 12.1 Å². The molecule has 2 aromatic carbocycles. The number of benzene rings is 2. The van der Waals surface area contributed by atoms with E-state index in [1.807, 2.05) is 24.3 Å². The minimum absolute atomic E-state index is 0.189. The molecule has 0 unspecified atom stereocenters. The predicted molar refractivity (Wildman–Crippen MR) is 93.4 cm³/mol. The number of hydrazine groups is 1. The van der Waals surface area contributed by atoms with Crippen LogP contribution >= 0.6 is 23.2 Å². The Bertz CT molecular complexity index is 750. The second-order valence-electron chi connectivity index (χ2n) is 4.94. The average molecular weight is 367 g/mol. The molecule has 0 aliphatic rings. The smallest absolute Gasteiger partial charge is 0.271 e. The first kappa shape index (κ1) is 18.1. The van der Waals surface area contributed by atoms with Crippen molar-refractivity contribution < 1.29 is 14.3 Å². The molecule has 0 aliphatic heterocycles. The molecular formula is C17H16Cl2N2O3. The normalized spacial score (nSPS) is 10.1. The molecule has 2 amide bonds. The van der Waals surface area contributed by atoms with Crippen molar-refractivity contribution in [1.82, 2.24) is 10.9 Å². The molecule has 0 saturated carbocycles. The van der Waals surface area contributed by atoms with Crippen LogP contribution in [0, 0.1) is 0 Å². The maximum Gasteiger partial charge on any atom is 0.271 e. The van der Waals surface area contributed by atoms with E-state index in [1.54, 1.807) is 13.2 Å². The molecule has 24 heavy (non-hydrogen) atoms. The Morgan fingerprint density at radius 3 is 2.58 bits per heavy atom. The molecule has 5 nitrogen and oxygen atoms in total. The van der Waals surface area contributed by atoms with Gasteiger partial charge in [0, 0.05) is 11.4 Å². The number of methoxy groups -OCH3 is 1. The lowest BCUT2D eigenvalue weighted by Crippen LogP contribution is -2.41. The van der Waals surface area contributed by atoms with E-state index in [-0.39, 0.29) is 22.9 Å². The van der Waals surface area contributed by atoms with Crippen LogP contribution in [-0.2, 0) is 11.2 Å². The molecule has 0 saturated heterocycles. The summed E-state index contributed by atoms with van der Waals surface area (Å²) in [6.07, 6.45) is 0.688. The standard InChI is InChI=1S/C17H16Cl2N2O3/c1-24-15-5-3-2-4-11(15)6-9-16(22)20-21-17(23)13-10-12(18)7-8-14(13)19/h2-5,7-8,10H,6,9H2,1H3,(H,20,22)(H,21,23). The SMILES string of the molecule is COc1ccccc1CCC(=O)NNC(=O)c1cc(Cl)ccc1Cl. The van der Waals surface area contributed by atoms with Crippen LogP contribution in [0.4, 0.5) is 0 Å². The molecule has 0 spiro atoms. The quantitative estimate of drug-likeness (QED) is 0.796. The highest BCUT2D eigenvalue weighted by molar-refractivity contribution is 6.35. The van der Waals surface area contributed by atoms with Crippen LogP contribution in [0.1, 0.15) is 22.3 Å². The van der Waals surface area contributed by atoms with Gasteiger partial charge < -0.3 is 4.74 Å². The molecule has 2 rings (SSSR count). The monoisotopic (exact) mass is 366 g/mol. The van der Waals surface area contributed by atoms with Crippen LogP contribution in [0.5, 0.6) is 5.75 Å². The first-order valence-electron chi connectivity index (χ1n) is 7.17. The highest BCUT2D eigenvalue weighted by Gasteiger charge is 2.12. The van der Waals surface area contributed by atoms with Crippen LogP contribution < -0.4 is 15.6 Å². The zero-order chi connectivity index (χ0) is 17.5. The van der Waals surface area contributed by atoms with Crippen LogP contribution in [0.2, 0.25) is 10.0 Å². The number of carbonyl (C=O) groups excluding carboxylic acids is 2. The van der Waals surface area contributed by atoms with E-state index in [0.717, 1.165) is 11.3 Å². The van der Waals surface area contributed by atoms with Gasteiger partial charge in [0.25, 0.3) is 5.91 Å². The molecule has 0 aromatic heterocycles. The molecule has 0 fully saturated rings. The second-order valence-corrected chi connectivity index (χ2v) is 5.78. The van der Waals surface area contributed by atoms with Crippen LogP contribution in [0.25, 0.3) is 0 Å². The largest absolute Gasteiger partial charge is 0.496 e. The van der Waals surface area contributed by atoms with Crippen molar-refractivity contribution in [3.63, 3.8) is 0 Å². The van der Waals surface area contributed by atoms with Gasteiger partial charge in [0.2, 0.25) is 5.91 Å². The van der Waals surface area contributed by atoms with Gasteiger partial charge in [-0.05, 0) is 36.2 Å². The minimum atomic E-state index is -0.534. The number of amides is 2. The second kappa shape index (κ2) is 8.57. The number of hydrogen-bond donors (Lipinski definition) is 2. The molecular weight excluding hydrogens is 351 g/mol. The fraction of sp³-hybridized carbons (Fsp3) is 0.176. The molecule has 2 aromatic rings. The number of hydrogen-bond acceptors (Lipinski definition) is 3. The number of halogens is 2. The lowest BCUT2D eigenvalue weighted by Gasteiger charge is -2.10. The lowest BCUT2D eigenvalue weighted by molar-refractivity contribution is -0.121. The summed E-state index contributed by atoms with van der Waals surface area (Å²) in [4.78, 5) is 23.9. The summed E-state index contributed by atoms with van der Waals surface area (Å²) >= 11 is 11.8. The highest BCUT2D eigenvalue weighted by Crippen LogP contribution is 2.20. The van der Waals surface area contributed by atoms with Gasteiger partial charge in [0.15, 0.2) is 0 Å². The number of carbonyl (C=O) groups is 2. The Labute approximate surface area is 149 Å². The van der Waals surface area contributed by atoms with Crippen molar-refractivity contribution in [2.45, 2.75) is 12.8 Å². The molecule has 126 valence electrons. The Hall–Kier alpha value is -2.24. The average Bonchev–Trinajstić information content (AvgIpc) is 2.60.